The van der Waals surface area contributed by atoms with Crippen LogP contribution in [0.25, 0.3) is 11.4 Å². The quantitative estimate of drug-likeness (QED) is 0.870. The Hall–Kier alpha value is -1.82. The number of carbonyl (C=O) groups is 1. The van der Waals surface area contributed by atoms with Crippen LogP contribution in [0.15, 0.2) is 24.4 Å². The number of hydrogen-bond acceptors (Lipinski definition) is 3. The van der Waals surface area contributed by atoms with Crippen LogP contribution >= 0.6 is 12.3 Å². The molecule has 0 N–H and O–H groups in total. The zero-order chi connectivity index (χ0) is 15.0. The molecule has 3 rings (SSSR count). The van der Waals surface area contributed by atoms with Gasteiger partial charge in [-0.3, -0.25) is 4.79 Å². The number of carbonyl (C=O) groups excluding carboxylic acids is 1. The molecular weight excluding hydrogens is 289 g/mol. The first-order valence-corrected chi connectivity index (χ1v) is 7.60. The van der Waals surface area contributed by atoms with E-state index in [1.807, 2.05) is 36.9 Å². The molecule has 4 nitrogen and oxygen atoms in total. The van der Waals surface area contributed by atoms with E-state index in [1.165, 1.54) is 3.97 Å². The molecule has 0 saturated carbocycles. The lowest BCUT2D eigenvalue weighted by atomic mass is 10.1. The summed E-state index contributed by atoms with van der Waals surface area (Å²) in [6.45, 7) is 4.43. The van der Waals surface area contributed by atoms with Crippen LogP contribution in [0.1, 0.15) is 24.6 Å². The number of fused-ring (bicyclic) bond motifs is 1. The third-order valence-electron chi connectivity index (χ3n) is 3.71. The first-order chi connectivity index (χ1) is 10.1. The van der Waals surface area contributed by atoms with Crippen molar-refractivity contribution in [3.63, 3.8) is 0 Å². The van der Waals surface area contributed by atoms with E-state index < -0.39 is 0 Å². The average Bonchev–Trinajstić information content (AvgIpc) is 3.08. The maximum Gasteiger partial charge on any atom is 0.226 e. The molecule has 6 heteroatoms. The van der Waals surface area contributed by atoms with Gasteiger partial charge in [-0.1, -0.05) is 6.92 Å². The maximum atomic E-state index is 13.0. The predicted molar refractivity (Wildman–Crippen MR) is 82.8 cm³/mol. The lowest BCUT2D eigenvalue weighted by Gasteiger charge is -2.16. The van der Waals surface area contributed by atoms with Crippen molar-refractivity contribution >= 4 is 23.9 Å². The molecule has 110 valence electrons. The Morgan fingerprint density at radius 3 is 3.00 bits per heavy atom. The highest BCUT2D eigenvalue weighted by Crippen LogP contribution is 2.33. The fraction of sp³-hybridized carbons (Fsp3) is 0.333. The molecule has 0 atom stereocenters. The van der Waals surface area contributed by atoms with Crippen molar-refractivity contribution in [2.24, 2.45) is 0 Å². The fourth-order valence-electron chi connectivity index (χ4n) is 2.71. The second-order valence-electron chi connectivity index (χ2n) is 5.09. The summed E-state index contributed by atoms with van der Waals surface area (Å²) in [7, 11) is 0. The second-order valence-corrected chi connectivity index (χ2v) is 5.62. The number of anilines is 1. The van der Waals surface area contributed by atoms with Crippen LogP contribution in [0.5, 0.6) is 0 Å². The second kappa shape index (κ2) is 5.52. The number of rotatable bonds is 3. The molecule has 1 amide bonds. The number of amides is 1. The topological polar surface area (TPSA) is 38.1 Å². The summed E-state index contributed by atoms with van der Waals surface area (Å²) in [4.78, 5) is 18.1. The minimum Gasteiger partial charge on any atom is -0.312 e. The van der Waals surface area contributed by atoms with Crippen molar-refractivity contribution in [2.45, 2.75) is 26.7 Å². The zero-order valence-corrected chi connectivity index (χ0v) is 12.8. The molecule has 1 aromatic carbocycles. The van der Waals surface area contributed by atoms with Crippen LogP contribution in [0.4, 0.5) is 9.57 Å². The van der Waals surface area contributed by atoms with Gasteiger partial charge in [-0.2, -0.15) is 0 Å². The van der Waals surface area contributed by atoms with Gasteiger partial charge >= 0.3 is 0 Å². The van der Waals surface area contributed by atoms with E-state index in [0.717, 1.165) is 35.5 Å². The minimum absolute atomic E-state index is 0.137. The van der Waals surface area contributed by atoms with Gasteiger partial charge in [0.1, 0.15) is 0 Å². The molecule has 21 heavy (non-hydrogen) atoms. The molecule has 0 unspecified atom stereocenters. The lowest BCUT2D eigenvalue weighted by molar-refractivity contribution is -0.118. The highest BCUT2D eigenvalue weighted by molar-refractivity contribution is 7.92. The van der Waals surface area contributed by atoms with Crippen molar-refractivity contribution in [1.29, 1.82) is 0 Å². The van der Waals surface area contributed by atoms with Crippen molar-refractivity contribution in [2.75, 3.05) is 11.4 Å². The minimum atomic E-state index is 0.137. The predicted octanol–water partition coefficient (Wildman–Crippen LogP) is 3.54. The van der Waals surface area contributed by atoms with Gasteiger partial charge in [0.15, 0.2) is 18.2 Å². The van der Waals surface area contributed by atoms with E-state index in [4.69, 9.17) is 0 Å². The van der Waals surface area contributed by atoms with Gasteiger partial charge in [0.2, 0.25) is 5.91 Å². The molecule has 0 spiro atoms. The van der Waals surface area contributed by atoms with E-state index in [-0.39, 0.29) is 18.2 Å². The largest absolute Gasteiger partial charge is 0.312 e. The standard InChI is InChI=1S/C15H16FN3OS/c1-3-14(20)18-7-6-11-8-12(4-5-13(11)18)15-17-10(2)9-19(15)21-16/h4-5,8-9H,3,6-7H2,1-2H3. The van der Waals surface area contributed by atoms with Gasteiger partial charge in [-0.25, -0.2) is 8.96 Å². The van der Waals surface area contributed by atoms with Crippen molar-refractivity contribution < 1.29 is 8.68 Å². The Labute approximate surface area is 127 Å². The molecule has 0 radical (unpaired) electrons. The van der Waals surface area contributed by atoms with Gasteiger partial charge < -0.3 is 4.90 Å². The van der Waals surface area contributed by atoms with E-state index in [0.29, 0.717) is 12.2 Å². The molecule has 1 aliphatic heterocycles. The van der Waals surface area contributed by atoms with E-state index in [1.54, 1.807) is 6.20 Å². The number of aryl methyl sites for hydroxylation is 1. The summed E-state index contributed by atoms with van der Waals surface area (Å²) in [6, 6.07) is 5.84. The number of aromatic nitrogens is 2. The van der Waals surface area contributed by atoms with Crippen molar-refractivity contribution in [1.82, 2.24) is 8.96 Å². The van der Waals surface area contributed by atoms with E-state index in [9.17, 15) is 8.68 Å². The molecule has 1 aliphatic rings. The van der Waals surface area contributed by atoms with Gasteiger partial charge in [-0.05, 0) is 37.1 Å². The molecule has 2 aromatic rings. The normalized spacial score (nSPS) is 13.6. The first kappa shape index (κ1) is 14.1. The van der Waals surface area contributed by atoms with Crippen LogP contribution in [-0.2, 0) is 11.2 Å². The smallest absolute Gasteiger partial charge is 0.226 e. The summed E-state index contributed by atoms with van der Waals surface area (Å²) < 4.78 is 14.4. The van der Waals surface area contributed by atoms with Crippen LogP contribution in [-0.4, -0.2) is 21.4 Å². The summed E-state index contributed by atoms with van der Waals surface area (Å²) in [5.41, 5.74) is 3.73. The fourth-order valence-corrected chi connectivity index (χ4v) is 3.12. The molecule has 1 aromatic heterocycles. The first-order valence-electron chi connectivity index (χ1n) is 6.92. The number of nitrogens with zero attached hydrogens (tertiary/aromatic N) is 3. The Bertz CT molecular complexity index is 698. The number of imidazole rings is 1. The summed E-state index contributed by atoms with van der Waals surface area (Å²) in [6.07, 6.45) is 3.00. The Balaban J connectivity index is 1.99. The highest BCUT2D eigenvalue weighted by Gasteiger charge is 2.24. The van der Waals surface area contributed by atoms with Crippen LogP contribution < -0.4 is 4.90 Å². The third kappa shape index (κ3) is 2.44. The molecule has 2 heterocycles. The number of halogens is 1. The maximum absolute atomic E-state index is 13.0. The van der Waals surface area contributed by atoms with E-state index >= 15 is 0 Å². The van der Waals surface area contributed by atoms with Crippen LogP contribution in [0.3, 0.4) is 0 Å². The summed E-state index contributed by atoms with van der Waals surface area (Å²) in [5, 5.41) is 0. The van der Waals surface area contributed by atoms with Gasteiger partial charge in [0.05, 0.1) is 5.69 Å². The third-order valence-corrected chi connectivity index (χ3v) is 4.13. The van der Waals surface area contributed by atoms with E-state index in [2.05, 4.69) is 4.98 Å². The lowest BCUT2D eigenvalue weighted by Crippen LogP contribution is -2.27. The summed E-state index contributed by atoms with van der Waals surface area (Å²) >= 11 is 0.143. The Morgan fingerprint density at radius 2 is 2.29 bits per heavy atom. The summed E-state index contributed by atoms with van der Waals surface area (Å²) in [5.74, 6) is 0.737. The van der Waals surface area contributed by atoms with Crippen LogP contribution in [0.2, 0.25) is 0 Å². The SMILES string of the molecule is CCC(=O)N1CCc2cc(-c3nc(C)cn3SF)ccc21. The Kier molecular flexibility index (Phi) is 3.71. The number of hydrogen-bond donors (Lipinski definition) is 0. The van der Waals surface area contributed by atoms with Gasteiger partial charge in [0, 0.05) is 30.4 Å². The molecule has 0 bridgehead atoms. The monoisotopic (exact) mass is 305 g/mol. The highest BCUT2D eigenvalue weighted by atomic mass is 32.2. The molecular formula is C15H16FN3OS. The van der Waals surface area contributed by atoms with Crippen molar-refractivity contribution in [3.8, 4) is 11.4 Å². The molecule has 0 aliphatic carbocycles. The van der Waals surface area contributed by atoms with Crippen molar-refractivity contribution in [3.05, 3.63) is 35.7 Å². The van der Waals surface area contributed by atoms with Gasteiger partial charge in [0.25, 0.3) is 0 Å². The average molecular weight is 305 g/mol. The van der Waals surface area contributed by atoms with Crippen LogP contribution in [0, 0.1) is 6.92 Å². The Morgan fingerprint density at radius 1 is 1.48 bits per heavy atom. The molecule has 0 fully saturated rings. The molecule has 0 saturated heterocycles. The zero-order valence-electron chi connectivity index (χ0n) is 12.0. The van der Waals surface area contributed by atoms with Gasteiger partial charge in [-0.15, -0.1) is 3.89 Å². The number of benzene rings is 1.